The first-order valence-corrected chi connectivity index (χ1v) is 9.59. The summed E-state index contributed by atoms with van der Waals surface area (Å²) in [6.07, 6.45) is 0.410. The fourth-order valence-electron chi connectivity index (χ4n) is 3.39. The van der Waals surface area contributed by atoms with Crippen LogP contribution in [0, 0.1) is 0 Å². The predicted octanol–water partition coefficient (Wildman–Crippen LogP) is 2.17. The molecule has 1 atom stereocenters. The third-order valence-electron chi connectivity index (χ3n) is 4.89. The normalized spacial score (nSPS) is 17.1. The fraction of sp³-hybridized carbons (Fsp3) is 0.316. The second kappa shape index (κ2) is 8.08. The molecule has 0 spiro atoms. The zero-order chi connectivity index (χ0) is 19.4. The molecule has 0 radical (unpaired) electrons. The van der Waals surface area contributed by atoms with Crippen molar-refractivity contribution in [1.29, 1.82) is 0 Å². The van der Waals surface area contributed by atoms with Gasteiger partial charge in [-0.25, -0.2) is 4.79 Å². The summed E-state index contributed by atoms with van der Waals surface area (Å²) in [7, 11) is 1.60. The highest BCUT2D eigenvalue weighted by molar-refractivity contribution is 7.80. The molecule has 144 valence electrons. The van der Waals surface area contributed by atoms with E-state index in [0.29, 0.717) is 18.8 Å². The Hall–Kier alpha value is -2.42. The summed E-state index contributed by atoms with van der Waals surface area (Å²) < 4.78 is 30.1. The first-order valence-electron chi connectivity index (χ1n) is 8.56. The molecule has 1 saturated heterocycles. The van der Waals surface area contributed by atoms with E-state index in [1.165, 1.54) is 0 Å². The number of carboxylic acid groups (broad SMARTS) is 1. The molecule has 1 heterocycles. The standard InChI is InChI=1S/C19H22N2O5S/c1-26-17-8-4-15(5-9-17)14-2-6-16(7-3-14)21(27(24)25)19(18(22)23)10-12-20-13-11-19/h2-9,20H,10-13H2,1H3,(H,22,23)(H,24,25)/p-1. The minimum atomic E-state index is -2.71. The summed E-state index contributed by atoms with van der Waals surface area (Å²) in [5, 5.41) is 12.9. The lowest BCUT2D eigenvalue weighted by atomic mass is 9.88. The summed E-state index contributed by atoms with van der Waals surface area (Å²) in [5.41, 5.74) is 0.712. The Morgan fingerprint density at radius 3 is 2.07 bits per heavy atom. The molecule has 0 bridgehead atoms. The number of ether oxygens (including phenoxy) is 1. The quantitative estimate of drug-likeness (QED) is 0.734. The highest BCUT2D eigenvalue weighted by Crippen LogP contribution is 2.34. The zero-order valence-corrected chi connectivity index (χ0v) is 15.7. The van der Waals surface area contributed by atoms with Crippen molar-refractivity contribution in [1.82, 2.24) is 5.32 Å². The lowest BCUT2D eigenvalue weighted by Gasteiger charge is -2.44. The molecule has 0 amide bonds. The average Bonchev–Trinajstić information content (AvgIpc) is 2.69. The molecule has 0 aromatic heterocycles. The highest BCUT2D eigenvalue weighted by Gasteiger charge is 2.46. The van der Waals surface area contributed by atoms with Gasteiger partial charge in [0.05, 0.1) is 7.11 Å². The van der Waals surface area contributed by atoms with Gasteiger partial charge in [0.25, 0.3) is 0 Å². The monoisotopic (exact) mass is 389 g/mol. The van der Waals surface area contributed by atoms with Crippen LogP contribution in [-0.4, -0.2) is 45.6 Å². The molecule has 0 saturated carbocycles. The number of nitrogens with one attached hydrogen (secondary N) is 1. The van der Waals surface area contributed by atoms with E-state index < -0.39 is 22.8 Å². The Labute approximate surface area is 160 Å². The van der Waals surface area contributed by atoms with E-state index in [-0.39, 0.29) is 12.8 Å². The van der Waals surface area contributed by atoms with E-state index in [4.69, 9.17) is 4.74 Å². The van der Waals surface area contributed by atoms with E-state index in [2.05, 4.69) is 5.32 Å². The van der Waals surface area contributed by atoms with Gasteiger partial charge < -0.3 is 19.7 Å². The average molecular weight is 389 g/mol. The van der Waals surface area contributed by atoms with Crippen LogP contribution in [-0.2, 0) is 16.1 Å². The van der Waals surface area contributed by atoms with E-state index in [1.54, 1.807) is 31.4 Å². The van der Waals surface area contributed by atoms with Crippen LogP contribution in [0.15, 0.2) is 48.5 Å². The first kappa shape index (κ1) is 19.3. The van der Waals surface area contributed by atoms with E-state index in [0.717, 1.165) is 21.2 Å². The molecule has 1 aliphatic rings. The van der Waals surface area contributed by atoms with Gasteiger partial charge in [0.2, 0.25) is 0 Å². The van der Waals surface area contributed by atoms with Crippen molar-refractivity contribution >= 4 is 22.9 Å². The third kappa shape index (κ3) is 3.83. The zero-order valence-electron chi connectivity index (χ0n) is 14.9. The van der Waals surface area contributed by atoms with E-state index >= 15 is 0 Å². The number of hydrogen-bond donors (Lipinski definition) is 2. The molecule has 2 N–H and O–H groups in total. The Balaban J connectivity index is 1.94. The van der Waals surface area contributed by atoms with Crippen molar-refractivity contribution in [2.24, 2.45) is 0 Å². The third-order valence-corrected chi connectivity index (χ3v) is 5.75. The van der Waals surface area contributed by atoms with Gasteiger partial charge in [0, 0.05) is 17.0 Å². The van der Waals surface area contributed by atoms with Crippen LogP contribution >= 0.6 is 0 Å². The van der Waals surface area contributed by atoms with Crippen LogP contribution in [0.2, 0.25) is 0 Å². The van der Waals surface area contributed by atoms with Crippen LogP contribution in [0.25, 0.3) is 11.1 Å². The summed E-state index contributed by atoms with van der Waals surface area (Å²) in [4.78, 5) is 12.0. The minimum Gasteiger partial charge on any atom is -0.755 e. The number of nitrogens with zero attached hydrogens (tertiary/aromatic N) is 1. The number of rotatable bonds is 6. The number of benzene rings is 2. The fourth-order valence-corrected chi connectivity index (χ4v) is 4.23. The van der Waals surface area contributed by atoms with Crippen LogP contribution in [0.4, 0.5) is 5.69 Å². The van der Waals surface area contributed by atoms with Crippen molar-refractivity contribution in [2.45, 2.75) is 18.4 Å². The Kier molecular flexibility index (Phi) is 5.79. The Bertz CT molecular complexity index is 817. The van der Waals surface area contributed by atoms with Crippen molar-refractivity contribution in [3.8, 4) is 16.9 Å². The second-order valence-corrected chi connectivity index (χ2v) is 7.17. The van der Waals surface area contributed by atoms with Gasteiger partial charge in [-0.15, -0.1) is 0 Å². The van der Waals surface area contributed by atoms with Crippen LogP contribution in [0.1, 0.15) is 12.8 Å². The molecule has 3 rings (SSSR count). The SMILES string of the molecule is COc1ccc(-c2ccc(N(S(=O)[O-])C3(C(=O)O)CCNCC3)cc2)cc1. The molecule has 2 aromatic carbocycles. The van der Waals surface area contributed by atoms with Gasteiger partial charge in [-0.05, 0) is 61.3 Å². The highest BCUT2D eigenvalue weighted by atomic mass is 32.2. The van der Waals surface area contributed by atoms with E-state index in [9.17, 15) is 18.7 Å². The van der Waals surface area contributed by atoms with Gasteiger partial charge >= 0.3 is 5.97 Å². The molecule has 1 aliphatic heterocycles. The number of hydrogen-bond acceptors (Lipinski definition) is 5. The van der Waals surface area contributed by atoms with Crippen LogP contribution in [0.5, 0.6) is 5.75 Å². The summed E-state index contributed by atoms with van der Waals surface area (Å²) in [5.74, 6) is -0.384. The number of carboxylic acids is 1. The molecule has 27 heavy (non-hydrogen) atoms. The van der Waals surface area contributed by atoms with Gasteiger partial charge in [-0.3, -0.25) is 8.51 Å². The molecule has 8 heteroatoms. The maximum absolute atomic E-state index is 12.0. The molecule has 1 unspecified atom stereocenters. The van der Waals surface area contributed by atoms with Gasteiger partial charge in [0.15, 0.2) is 5.54 Å². The largest absolute Gasteiger partial charge is 0.755 e. The molecule has 2 aromatic rings. The van der Waals surface area contributed by atoms with Crippen molar-refractivity contribution in [3.05, 3.63) is 48.5 Å². The van der Waals surface area contributed by atoms with Crippen molar-refractivity contribution in [3.63, 3.8) is 0 Å². The smallest absolute Gasteiger partial charge is 0.330 e. The number of carbonyl (C=O) groups is 1. The van der Waals surface area contributed by atoms with Crippen LogP contribution in [0.3, 0.4) is 0 Å². The van der Waals surface area contributed by atoms with Crippen LogP contribution < -0.4 is 14.4 Å². The number of piperidine rings is 1. The molecule has 0 aliphatic carbocycles. The van der Waals surface area contributed by atoms with Crippen molar-refractivity contribution in [2.75, 3.05) is 24.5 Å². The predicted molar refractivity (Wildman–Crippen MR) is 102 cm³/mol. The molecular formula is C19H21N2O5S-. The molecule has 1 fully saturated rings. The molecular weight excluding hydrogens is 368 g/mol. The Morgan fingerprint density at radius 2 is 1.63 bits per heavy atom. The molecule has 7 nitrogen and oxygen atoms in total. The summed E-state index contributed by atoms with van der Waals surface area (Å²) >= 11 is -2.71. The van der Waals surface area contributed by atoms with Gasteiger partial charge in [-0.2, -0.15) is 0 Å². The van der Waals surface area contributed by atoms with Crippen molar-refractivity contribution < 1.29 is 23.4 Å². The number of methoxy groups -OCH3 is 1. The topological polar surface area (TPSA) is 102 Å². The lowest BCUT2D eigenvalue weighted by molar-refractivity contribution is -0.144. The van der Waals surface area contributed by atoms with Gasteiger partial charge in [-0.1, -0.05) is 24.3 Å². The Morgan fingerprint density at radius 1 is 1.11 bits per heavy atom. The second-order valence-electron chi connectivity index (χ2n) is 6.37. The van der Waals surface area contributed by atoms with E-state index in [1.807, 2.05) is 24.3 Å². The first-order chi connectivity index (χ1) is 13.0. The number of aliphatic carboxylic acids is 1. The summed E-state index contributed by atoms with van der Waals surface area (Å²) in [6.45, 7) is 0.897. The maximum atomic E-state index is 12.0. The lowest BCUT2D eigenvalue weighted by Crippen LogP contribution is -2.60. The number of anilines is 1. The summed E-state index contributed by atoms with van der Waals surface area (Å²) in [6, 6.07) is 14.4. The van der Waals surface area contributed by atoms with Gasteiger partial charge in [0.1, 0.15) is 5.75 Å². The minimum absolute atomic E-state index is 0.205. The maximum Gasteiger partial charge on any atom is 0.330 e.